The standard InChI is InChI=1S/C27H28N4O.C24H28N4O2.C23H26N4O2.C23H28N4O/c1-21-8-6-7-11-24(21)17-27(32)16-22-12-14-26(15-13-22)31-20-25(28-29-31)19-30(2)18-23-9-4-3-5-10-23;1-19-4-2-3-5-21(19)17-24(29)16-20-6-8-23(9-7-20)28-18-22(25-26-28)10-11-27-12-14-30-15-13-27;1-18-4-2-3-5-20(18)15-23(28)14-19-6-8-22(9-7-19)27-17-21(24-25-27)16-26-10-12-29-13-11-26;1-18-7-4-5-8-20(18)16-23(28)15-19-10-12-22(13-11-19)27-17-21(24-25-27)9-6-14-26(2)3/h3-15,20H,16-19H2,1-2H3;2-9,18H,10-17H2,1H3;2-9,17H,10-16H2,1H3;4-5,7-8,10-13,17H,6,9,14-16H2,1-3H3. The van der Waals surface area contributed by atoms with Gasteiger partial charge in [-0.2, -0.15) is 0 Å². The zero-order valence-electron chi connectivity index (χ0n) is 69.7. The zero-order valence-corrected chi connectivity index (χ0v) is 69.7. The third-order valence-electron chi connectivity index (χ3n) is 21.2. The minimum absolute atomic E-state index is 0.219. The van der Waals surface area contributed by atoms with Crippen LogP contribution in [0.4, 0.5) is 0 Å². The third-order valence-corrected chi connectivity index (χ3v) is 21.2. The molecule has 614 valence electrons. The smallest absolute Gasteiger partial charge is 0.141 e. The van der Waals surface area contributed by atoms with E-state index in [2.05, 4.69) is 106 Å². The highest BCUT2D eigenvalue weighted by atomic mass is 16.5. The van der Waals surface area contributed by atoms with Crippen LogP contribution < -0.4 is 0 Å². The van der Waals surface area contributed by atoms with Crippen LogP contribution in [0.3, 0.4) is 0 Å². The Morgan fingerprint density at radius 2 is 0.639 bits per heavy atom. The number of aryl methyl sites for hydroxylation is 5. The normalized spacial score (nSPS) is 12.9. The number of carbonyl (C=O) groups excluding carboxylic acids is 4. The summed E-state index contributed by atoms with van der Waals surface area (Å²) in [6.45, 7) is 19.6. The number of rotatable bonds is 33. The largest absolute Gasteiger partial charge is 0.379 e. The topological polar surface area (TPSA) is 223 Å². The molecule has 0 bridgehead atoms. The van der Waals surface area contributed by atoms with Gasteiger partial charge in [-0.1, -0.05) is 197 Å². The van der Waals surface area contributed by atoms with Crippen molar-refractivity contribution in [2.75, 3.05) is 86.8 Å². The van der Waals surface area contributed by atoms with E-state index in [4.69, 9.17) is 9.47 Å². The lowest BCUT2D eigenvalue weighted by Gasteiger charge is -2.25. The number of Topliss-reactive ketones (excluding diaryl/α,β-unsaturated/α-hetero) is 4. The van der Waals surface area contributed by atoms with E-state index in [-0.39, 0.29) is 23.1 Å². The van der Waals surface area contributed by atoms with Gasteiger partial charge in [0, 0.05) is 110 Å². The van der Waals surface area contributed by atoms with Gasteiger partial charge in [0.15, 0.2) is 0 Å². The maximum atomic E-state index is 12.5. The molecule has 0 saturated carbocycles. The van der Waals surface area contributed by atoms with Crippen LogP contribution in [0.2, 0.25) is 0 Å². The maximum Gasteiger partial charge on any atom is 0.141 e. The molecule has 0 radical (unpaired) electrons. The highest BCUT2D eigenvalue weighted by molar-refractivity contribution is 5.85. The van der Waals surface area contributed by atoms with Crippen LogP contribution in [0.25, 0.3) is 22.7 Å². The van der Waals surface area contributed by atoms with Gasteiger partial charge in [-0.25, -0.2) is 18.7 Å². The van der Waals surface area contributed by atoms with Crippen molar-refractivity contribution in [2.45, 2.75) is 118 Å². The van der Waals surface area contributed by atoms with Gasteiger partial charge in [0.05, 0.1) is 96.7 Å². The Kier molecular flexibility index (Phi) is 32.3. The number of nitrogens with zero attached hydrogens (tertiary/aromatic N) is 16. The summed E-state index contributed by atoms with van der Waals surface area (Å²) in [7, 11) is 6.23. The Morgan fingerprint density at radius 3 is 1.00 bits per heavy atom. The lowest BCUT2D eigenvalue weighted by molar-refractivity contribution is -0.118. The predicted molar refractivity (Wildman–Crippen MR) is 465 cm³/mol. The van der Waals surface area contributed by atoms with Gasteiger partial charge < -0.3 is 14.4 Å². The first-order valence-electron chi connectivity index (χ1n) is 41.2. The Morgan fingerprint density at radius 1 is 0.328 bits per heavy atom. The van der Waals surface area contributed by atoms with Gasteiger partial charge in [-0.15, -0.1) is 20.4 Å². The van der Waals surface area contributed by atoms with Gasteiger partial charge in [0.2, 0.25) is 0 Å². The molecule has 0 spiro atoms. The average molecular weight is 1600 g/mol. The van der Waals surface area contributed by atoms with Crippen LogP contribution in [-0.2, 0) is 112 Å². The second-order valence-corrected chi connectivity index (χ2v) is 31.2. The number of ether oxygens (including phenoxy) is 2. The van der Waals surface area contributed by atoms with Gasteiger partial charge in [0.1, 0.15) is 23.1 Å². The summed E-state index contributed by atoms with van der Waals surface area (Å²) in [4.78, 5) is 58.9. The average Bonchev–Trinajstić information content (AvgIpc) is 1.77. The molecule has 0 unspecified atom stereocenters. The molecule has 4 aromatic heterocycles. The number of benzene rings is 9. The van der Waals surface area contributed by atoms with Crippen LogP contribution in [-0.4, -0.2) is 190 Å². The van der Waals surface area contributed by atoms with Crippen molar-refractivity contribution in [2.24, 2.45) is 0 Å². The van der Waals surface area contributed by atoms with E-state index in [1.165, 1.54) is 11.1 Å². The summed E-state index contributed by atoms with van der Waals surface area (Å²) >= 11 is 0. The molecule has 22 nitrogen and oxygen atoms in total. The fourth-order valence-electron chi connectivity index (χ4n) is 14.3. The van der Waals surface area contributed by atoms with Gasteiger partial charge in [-0.05, 0) is 189 Å². The van der Waals surface area contributed by atoms with Crippen molar-refractivity contribution in [1.29, 1.82) is 0 Å². The second-order valence-electron chi connectivity index (χ2n) is 31.2. The summed E-state index contributed by atoms with van der Waals surface area (Å²) in [5.41, 5.74) is 22.0. The van der Waals surface area contributed by atoms with E-state index in [1.807, 2.05) is 253 Å². The van der Waals surface area contributed by atoms with E-state index in [0.717, 1.165) is 211 Å². The Hall–Kier alpha value is -12.0. The van der Waals surface area contributed by atoms with Crippen LogP contribution in [0, 0.1) is 27.7 Å². The lowest BCUT2D eigenvalue weighted by Crippen LogP contribution is -2.37. The molecule has 2 aliphatic rings. The minimum atomic E-state index is 0.219. The number of hydrogen-bond donors (Lipinski definition) is 0. The fraction of sp³-hybridized carbons (Fsp3) is 0.320. The summed E-state index contributed by atoms with van der Waals surface area (Å²) in [6, 6.07) is 74.5. The van der Waals surface area contributed by atoms with Crippen molar-refractivity contribution in [1.82, 2.24) is 79.6 Å². The molecule has 2 aliphatic heterocycles. The van der Waals surface area contributed by atoms with E-state index in [1.54, 1.807) is 18.7 Å². The quantitative estimate of drug-likeness (QED) is 0.0373. The lowest BCUT2D eigenvalue weighted by atomic mass is 9.99. The highest BCUT2D eigenvalue weighted by Gasteiger charge is 2.18. The first-order valence-corrected chi connectivity index (χ1v) is 41.2. The maximum absolute atomic E-state index is 12.5. The molecule has 22 heteroatoms. The third kappa shape index (κ3) is 27.8. The van der Waals surface area contributed by atoms with Crippen molar-refractivity contribution >= 4 is 23.1 Å². The first-order chi connectivity index (χ1) is 57.9. The monoisotopic (exact) mass is 1590 g/mol. The molecule has 2 fully saturated rings. The van der Waals surface area contributed by atoms with Crippen molar-refractivity contribution in [3.05, 3.63) is 344 Å². The van der Waals surface area contributed by atoms with E-state index in [9.17, 15) is 19.2 Å². The molecule has 6 heterocycles. The van der Waals surface area contributed by atoms with E-state index >= 15 is 0 Å². The SMILES string of the molecule is Cc1ccccc1CC(=O)Cc1ccc(-n2cc(CCCN(C)C)nn2)cc1.Cc1ccccc1CC(=O)Cc1ccc(-n2cc(CCN3CCOCC3)nn2)cc1.Cc1ccccc1CC(=O)Cc1ccc(-n2cc(CN(C)Cc3ccccc3)nn2)cc1.Cc1ccccc1CC(=O)Cc1ccc(-n2cc(CN3CCOCC3)nn2)cc1. The van der Waals surface area contributed by atoms with Crippen LogP contribution in [0.15, 0.2) is 249 Å². The molecule has 0 amide bonds. The first kappa shape index (κ1) is 86.3. The van der Waals surface area contributed by atoms with Crippen molar-refractivity contribution in [3.8, 4) is 22.7 Å². The fourth-order valence-corrected chi connectivity index (χ4v) is 14.3. The van der Waals surface area contributed by atoms with E-state index in [0.29, 0.717) is 51.4 Å². The summed E-state index contributed by atoms with van der Waals surface area (Å²) in [5, 5.41) is 34.2. The number of carbonyl (C=O) groups is 4. The van der Waals surface area contributed by atoms with E-state index < -0.39 is 0 Å². The molecular formula is C97H110N16O6. The summed E-state index contributed by atoms with van der Waals surface area (Å²) < 4.78 is 17.9. The second kappa shape index (κ2) is 44.5. The van der Waals surface area contributed by atoms with Gasteiger partial charge in [-0.3, -0.25) is 33.9 Å². The Balaban J connectivity index is 0.000000146. The van der Waals surface area contributed by atoms with Crippen LogP contribution in [0.5, 0.6) is 0 Å². The molecular weight excluding hydrogens is 1490 g/mol. The molecule has 0 aliphatic carbocycles. The number of aromatic nitrogens is 12. The van der Waals surface area contributed by atoms with Crippen LogP contribution in [0.1, 0.15) is 102 Å². The molecule has 0 N–H and O–H groups in total. The molecule has 2 saturated heterocycles. The summed E-state index contributed by atoms with van der Waals surface area (Å²) in [6.07, 6.45) is 14.4. The van der Waals surface area contributed by atoms with Gasteiger partial charge in [0.25, 0.3) is 0 Å². The minimum Gasteiger partial charge on any atom is -0.379 e. The van der Waals surface area contributed by atoms with Crippen molar-refractivity contribution < 1.29 is 28.7 Å². The zero-order chi connectivity index (χ0) is 83.1. The number of hydrogen-bond acceptors (Lipinski definition) is 18. The predicted octanol–water partition coefficient (Wildman–Crippen LogP) is 13.6. The highest BCUT2D eigenvalue weighted by Crippen LogP contribution is 2.21. The van der Waals surface area contributed by atoms with Crippen molar-refractivity contribution in [3.63, 3.8) is 0 Å². The molecule has 9 aromatic carbocycles. The molecule has 0 atom stereocenters. The molecule has 15 rings (SSSR count). The Labute approximate surface area is 699 Å². The van der Waals surface area contributed by atoms with Gasteiger partial charge >= 0.3 is 0 Å². The Bertz CT molecular complexity index is 5330. The van der Waals surface area contributed by atoms with Crippen LogP contribution >= 0.6 is 0 Å². The summed E-state index contributed by atoms with van der Waals surface area (Å²) in [5.74, 6) is 0.895. The molecule has 119 heavy (non-hydrogen) atoms. The molecule has 13 aromatic rings. The number of ketones is 4. The number of morpholine rings is 2.